The molecule has 0 aromatic rings. The zero-order valence-electron chi connectivity index (χ0n) is 32.8. The number of rotatable bonds is 36. The second-order valence-corrected chi connectivity index (χ2v) is 15.6. The van der Waals surface area contributed by atoms with E-state index in [0.717, 1.165) is 64.2 Å². The summed E-state index contributed by atoms with van der Waals surface area (Å²) in [5, 5.41) is 0. The van der Waals surface area contributed by atoms with E-state index < -0.39 is 21.9 Å². The number of carbonyl (C=O) groups is 2. The number of quaternary nitrogens is 1. The zero-order valence-corrected chi connectivity index (χ0v) is 33.6. The summed E-state index contributed by atoms with van der Waals surface area (Å²) in [5.74, 6) is -1.26. The van der Waals surface area contributed by atoms with Crippen LogP contribution in [-0.2, 0) is 24.2 Å². The monoisotopic (exact) mass is 714 g/mol. The van der Waals surface area contributed by atoms with Crippen molar-refractivity contribution in [1.82, 2.24) is 6.15 Å². The normalized spacial score (nSPS) is 12.4. The smallest absolute Gasteiger partial charge is 0.218 e. The highest BCUT2D eigenvalue weighted by Crippen LogP contribution is 2.27. The largest absolute Gasteiger partial charge is 0.726 e. The summed E-state index contributed by atoms with van der Waals surface area (Å²) in [6, 6.07) is 0. The summed E-state index contributed by atoms with van der Waals surface area (Å²) in [4.78, 5) is 26.4. The van der Waals surface area contributed by atoms with Crippen molar-refractivity contribution < 1.29 is 26.7 Å². The summed E-state index contributed by atoms with van der Waals surface area (Å²) in [7, 11) is -4.95. The van der Waals surface area contributed by atoms with Crippen molar-refractivity contribution in [1.29, 1.82) is 0 Å². The minimum Gasteiger partial charge on any atom is -0.726 e. The third kappa shape index (κ3) is 34.9. The lowest BCUT2D eigenvalue weighted by Crippen LogP contribution is -2.36. The van der Waals surface area contributed by atoms with Crippen molar-refractivity contribution in [3.63, 3.8) is 0 Å². The van der Waals surface area contributed by atoms with Gasteiger partial charge in [-0.1, -0.05) is 141 Å². The molecule has 0 aliphatic carbocycles. The van der Waals surface area contributed by atoms with Crippen molar-refractivity contribution >= 4 is 22.0 Å². The fourth-order valence-corrected chi connectivity index (χ4v) is 6.92. The van der Waals surface area contributed by atoms with Crippen LogP contribution in [0.4, 0.5) is 0 Å². The van der Waals surface area contributed by atoms with Crippen LogP contribution in [0.3, 0.4) is 0 Å². The van der Waals surface area contributed by atoms with Crippen LogP contribution in [0.5, 0.6) is 0 Å². The quantitative estimate of drug-likeness (QED) is 0.0225. The average Bonchev–Trinajstić information content (AvgIpc) is 3.02. The molecule has 8 heteroatoms. The van der Waals surface area contributed by atoms with Crippen LogP contribution >= 0.6 is 0 Å². The maximum atomic E-state index is 13.2. The molecule has 0 saturated carbocycles. The molecule has 0 aliphatic rings. The van der Waals surface area contributed by atoms with Crippen LogP contribution in [0.25, 0.3) is 0 Å². The third-order valence-electron chi connectivity index (χ3n) is 9.17. The Balaban J connectivity index is 0. The molecule has 0 rings (SSSR count). The standard InChI is InChI=1S/C41H76O6S.H3N/c1-5-7-9-11-13-15-17-19-21-23-25-27-29-31-33-35-39(42)38(37-41(3,4)47-48(44,45)46)40(43)36-34-32-30-28-26-24-22-20-18-16-14-12-10-8-6-2;/h19-22,38H,5-18,23-37H2,1-4H3,(H,44,45,46);1H3/b21-19-,22-20-;. The van der Waals surface area contributed by atoms with Gasteiger partial charge in [0.2, 0.25) is 10.4 Å². The number of carbonyl (C=O) groups excluding carboxylic acids is 2. The van der Waals surface area contributed by atoms with E-state index in [1.165, 1.54) is 104 Å². The average molecular weight is 714 g/mol. The zero-order chi connectivity index (χ0) is 35.8. The van der Waals surface area contributed by atoms with Crippen molar-refractivity contribution in [2.45, 2.75) is 219 Å². The summed E-state index contributed by atoms with van der Waals surface area (Å²) in [5.41, 5.74) is -1.41. The van der Waals surface area contributed by atoms with Crippen LogP contribution < -0.4 is 6.15 Å². The van der Waals surface area contributed by atoms with E-state index in [1.54, 1.807) is 0 Å². The highest BCUT2D eigenvalue weighted by molar-refractivity contribution is 7.80. The van der Waals surface area contributed by atoms with E-state index in [9.17, 15) is 22.6 Å². The van der Waals surface area contributed by atoms with Crippen molar-refractivity contribution in [2.24, 2.45) is 5.92 Å². The minimum atomic E-state index is -4.95. The van der Waals surface area contributed by atoms with Crippen LogP contribution in [0, 0.1) is 5.92 Å². The molecule has 4 N–H and O–H groups in total. The number of hydrogen-bond donors (Lipinski definition) is 1. The van der Waals surface area contributed by atoms with Crippen molar-refractivity contribution in [3.05, 3.63) is 24.3 Å². The Labute approximate surface area is 303 Å². The number of unbranched alkanes of at least 4 members (excludes halogenated alkanes) is 22. The minimum absolute atomic E-state index is 0. The Morgan fingerprint density at radius 1 is 0.551 bits per heavy atom. The van der Waals surface area contributed by atoms with Crippen LogP contribution in [-0.4, -0.2) is 30.1 Å². The molecule has 0 aromatic carbocycles. The lowest BCUT2D eigenvalue weighted by atomic mass is 9.83. The van der Waals surface area contributed by atoms with Gasteiger partial charge < -0.3 is 10.7 Å². The van der Waals surface area contributed by atoms with Gasteiger partial charge in [-0.3, -0.25) is 13.8 Å². The van der Waals surface area contributed by atoms with Gasteiger partial charge >= 0.3 is 0 Å². The van der Waals surface area contributed by atoms with E-state index in [1.807, 2.05) is 0 Å². The van der Waals surface area contributed by atoms with Crippen molar-refractivity contribution in [3.8, 4) is 0 Å². The summed E-state index contributed by atoms with van der Waals surface area (Å²) >= 11 is 0. The van der Waals surface area contributed by atoms with Gasteiger partial charge in [0.05, 0.1) is 11.5 Å². The van der Waals surface area contributed by atoms with Gasteiger partial charge in [0.1, 0.15) is 11.6 Å². The maximum absolute atomic E-state index is 13.2. The predicted molar refractivity (Wildman–Crippen MR) is 208 cm³/mol. The molecule has 49 heavy (non-hydrogen) atoms. The van der Waals surface area contributed by atoms with Gasteiger partial charge in [0, 0.05) is 12.8 Å². The molecule has 0 atom stereocenters. The summed E-state index contributed by atoms with van der Waals surface area (Å²) in [6.45, 7) is 7.41. The number of hydrogen-bond acceptors (Lipinski definition) is 6. The molecule has 0 bridgehead atoms. The molecule has 0 radical (unpaired) electrons. The van der Waals surface area contributed by atoms with Gasteiger partial charge in [-0.25, -0.2) is 8.42 Å². The molecule has 0 saturated heterocycles. The van der Waals surface area contributed by atoms with Gasteiger partial charge in [-0.2, -0.15) is 0 Å². The number of Topliss-reactive ketones (excluding diaryl/α,β-unsaturated/α-hetero) is 2. The molecule has 7 nitrogen and oxygen atoms in total. The molecule has 0 amide bonds. The number of allylic oxidation sites excluding steroid dienone is 4. The first kappa shape index (κ1) is 49.8. The molecule has 0 unspecified atom stereocenters. The highest BCUT2D eigenvalue weighted by atomic mass is 32.3. The van der Waals surface area contributed by atoms with Gasteiger partial charge in [-0.15, -0.1) is 0 Å². The van der Waals surface area contributed by atoms with E-state index >= 15 is 0 Å². The second kappa shape index (κ2) is 33.8. The fraction of sp³-hybridized carbons (Fsp3) is 0.854. The van der Waals surface area contributed by atoms with E-state index in [0.29, 0.717) is 25.7 Å². The first-order valence-electron chi connectivity index (χ1n) is 20.0. The van der Waals surface area contributed by atoms with Gasteiger partial charge in [0.25, 0.3) is 0 Å². The number of ketones is 2. The molecule has 0 heterocycles. The molecule has 290 valence electrons. The summed E-state index contributed by atoms with van der Waals surface area (Å²) in [6.07, 6.45) is 40.1. The van der Waals surface area contributed by atoms with Gasteiger partial charge in [0.15, 0.2) is 0 Å². The topological polar surface area (TPSA) is 137 Å². The Morgan fingerprint density at radius 3 is 1.14 bits per heavy atom. The molecule has 0 aliphatic heterocycles. The van der Waals surface area contributed by atoms with Crippen LogP contribution in [0.2, 0.25) is 0 Å². The van der Waals surface area contributed by atoms with Gasteiger partial charge in [-0.05, 0) is 84.5 Å². The Kier molecular flexibility index (Phi) is 34.3. The lowest BCUT2D eigenvalue weighted by Gasteiger charge is -2.29. The van der Waals surface area contributed by atoms with E-state index in [2.05, 4.69) is 38.2 Å². The molecule has 0 aromatic heterocycles. The second-order valence-electron chi connectivity index (χ2n) is 14.6. The van der Waals surface area contributed by atoms with Crippen molar-refractivity contribution in [2.75, 3.05) is 0 Å². The first-order chi connectivity index (χ1) is 23.0. The first-order valence-corrected chi connectivity index (χ1v) is 21.4. The van der Waals surface area contributed by atoms with E-state index in [-0.39, 0.29) is 24.1 Å². The SMILES string of the molecule is CCCCCCCC/C=C\CCCCCCCC(=O)C(CC(C)(C)OS(=O)(=O)[O-])C(=O)CCCCCCC/C=C\CCCCCCCC.[NH4+]. The molecule has 0 fully saturated rings. The van der Waals surface area contributed by atoms with E-state index in [4.69, 9.17) is 4.18 Å². The maximum Gasteiger partial charge on any atom is 0.218 e. The molecular formula is C41H79NO6S. The third-order valence-corrected chi connectivity index (χ3v) is 9.83. The molecular weight excluding hydrogens is 635 g/mol. The van der Waals surface area contributed by atoms with Crippen LogP contribution in [0.15, 0.2) is 24.3 Å². The summed E-state index contributed by atoms with van der Waals surface area (Å²) < 4.78 is 38.5. The Morgan fingerprint density at radius 2 is 0.837 bits per heavy atom. The fourth-order valence-electron chi connectivity index (χ4n) is 6.30. The Hall–Kier alpha value is -1.35. The molecule has 0 spiro atoms. The lowest BCUT2D eigenvalue weighted by molar-refractivity contribution is -0.135. The Bertz CT molecular complexity index is 892. The predicted octanol–water partition coefficient (Wildman–Crippen LogP) is 12.8. The van der Waals surface area contributed by atoms with Crippen LogP contribution in [0.1, 0.15) is 214 Å². The highest BCUT2D eigenvalue weighted by Gasteiger charge is 2.34.